The molecule has 0 saturated heterocycles. The molecule has 4 rings (SSSR count). The monoisotopic (exact) mass is 581 g/mol. The van der Waals surface area contributed by atoms with Gasteiger partial charge in [-0.3, -0.25) is 18.6 Å². The fourth-order valence-electron chi connectivity index (χ4n) is 3.70. The van der Waals surface area contributed by atoms with Crippen LogP contribution < -0.4 is 74.5 Å². The minimum atomic E-state index is -5.45. The fourth-order valence-corrected chi connectivity index (χ4v) is 3.96. The number of nitriles is 1. The zero-order chi connectivity index (χ0) is 27.0. The van der Waals surface area contributed by atoms with Gasteiger partial charge in [-0.2, -0.15) is 28.5 Å². The summed E-state index contributed by atoms with van der Waals surface area (Å²) in [6.07, 6.45) is -1.34. The first-order valence-electron chi connectivity index (χ1n) is 10.7. The van der Waals surface area contributed by atoms with E-state index in [0.717, 1.165) is 21.3 Å². The topological polar surface area (TPSA) is 167 Å². The first kappa shape index (κ1) is 33.4. The number of benzene rings is 1. The molecule has 1 aromatic carbocycles. The van der Waals surface area contributed by atoms with E-state index >= 15 is 0 Å². The molecule has 0 aliphatic rings. The van der Waals surface area contributed by atoms with E-state index in [1.54, 1.807) is 6.92 Å². The molecule has 0 saturated carbocycles. The first-order valence-corrected chi connectivity index (χ1v) is 12.1. The minimum Gasteiger partial charge on any atom is -0.790 e. The first-order chi connectivity index (χ1) is 17.4. The second kappa shape index (κ2) is 13.2. The second-order valence-electron chi connectivity index (χ2n) is 7.87. The number of phosphoric acid groups is 1. The Kier molecular flexibility index (Phi) is 11.3. The molecule has 39 heavy (non-hydrogen) atoms. The summed E-state index contributed by atoms with van der Waals surface area (Å²) >= 11 is 0. The van der Waals surface area contributed by atoms with Gasteiger partial charge in [-0.15, -0.1) is 0 Å². The Labute approximate surface area is 263 Å². The molecule has 194 valence electrons. The summed E-state index contributed by atoms with van der Waals surface area (Å²) in [4.78, 5) is 43.8. The third-order valence-electron chi connectivity index (χ3n) is 5.25. The van der Waals surface area contributed by atoms with Crippen molar-refractivity contribution in [3.05, 3.63) is 64.0 Å². The van der Waals surface area contributed by atoms with Crippen molar-refractivity contribution in [3.63, 3.8) is 0 Å². The predicted molar refractivity (Wildman–Crippen MR) is 117 cm³/mol. The third-order valence-corrected chi connectivity index (χ3v) is 5.68. The predicted octanol–water partition coefficient (Wildman–Crippen LogP) is -4.38. The maximum Gasteiger partial charge on any atom is 1.00 e. The van der Waals surface area contributed by atoms with Crippen LogP contribution in [0, 0.1) is 11.3 Å². The van der Waals surface area contributed by atoms with Gasteiger partial charge in [0.05, 0.1) is 31.7 Å². The summed E-state index contributed by atoms with van der Waals surface area (Å²) in [6.45, 7) is 0.969. The van der Waals surface area contributed by atoms with E-state index in [1.165, 1.54) is 29.2 Å². The Morgan fingerprint density at radius 3 is 2.51 bits per heavy atom. The molecule has 0 bridgehead atoms. The van der Waals surface area contributed by atoms with Crippen LogP contribution >= 0.6 is 7.82 Å². The molecule has 4 aromatic rings. The Balaban J connectivity index is 0.00000267. The van der Waals surface area contributed by atoms with Crippen molar-refractivity contribution in [3.8, 4) is 17.5 Å². The molecule has 12 nitrogen and oxygen atoms in total. The second-order valence-corrected chi connectivity index (χ2v) is 9.02. The maximum atomic E-state index is 13.2. The van der Waals surface area contributed by atoms with Crippen LogP contribution in [-0.2, 0) is 35.1 Å². The zero-order valence-corrected chi connectivity index (χ0v) is 25.9. The molecule has 0 aliphatic carbocycles. The molecule has 0 spiro atoms. The van der Waals surface area contributed by atoms with Gasteiger partial charge in [0.15, 0.2) is 11.2 Å². The summed E-state index contributed by atoms with van der Waals surface area (Å²) in [5.74, 6) is -0.267. The van der Waals surface area contributed by atoms with Crippen molar-refractivity contribution >= 4 is 19.0 Å². The quantitative estimate of drug-likeness (QED) is 0.148. The molecule has 0 unspecified atom stereocenters. The van der Waals surface area contributed by atoms with Crippen LogP contribution in [0.3, 0.4) is 0 Å². The molecule has 0 radical (unpaired) electrons. The Morgan fingerprint density at radius 1 is 1.18 bits per heavy atom. The van der Waals surface area contributed by atoms with Crippen molar-refractivity contribution in [2.24, 2.45) is 0 Å². The zero-order valence-electron chi connectivity index (χ0n) is 21.0. The van der Waals surface area contributed by atoms with Gasteiger partial charge in [-0.25, -0.2) is 4.98 Å². The Hall–Kier alpha value is -1.83. The molecule has 0 N–H and O–H groups in total. The van der Waals surface area contributed by atoms with Gasteiger partial charge < -0.3 is 18.9 Å². The summed E-state index contributed by atoms with van der Waals surface area (Å²) in [5, 5.41) is 13.5. The van der Waals surface area contributed by atoms with Crippen molar-refractivity contribution in [1.82, 2.24) is 28.9 Å². The third kappa shape index (κ3) is 7.68. The van der Waals surface area contributed by atoms with Gasteiger partial charge in [0.1, 0.15) is 18.6 Å². The summed E-state index contributed by atoms with van der Waals surface area (Å²) in [6, 6.07) is 6.49. The van der Waals surface area contributed by atoms with Crippen LogP contribution in [0.1, 0.15) is 30.3 Å². The molecule has 0 aliphatic heterocycles. The number of imidazole rings is 1. The molecule has 0 fully saturated rings. The van der Waals surface area contributed by atoms with Crippen LogP contribution in [-0.4, -0.2) is 28.9 Å². The number of hydrogen-bond acceptors (Lipinski definition) is 9. The Bertz CT molecular complexity index is 1620. The number of nitrogens with zero attached hydrogens (tertiary/aromatic N) is 7. The van der Waals surface area contributed by atoms with Crippen molar-refractivity contribution in [2.75, 3.05) is 0 Å². The standard InChI is InChI=1S/C21H19F3N7O5P.2Na/c1-2-6-30-16(8-25)27-18-17(20(30)32)31(12-36-37(33,34)35)19(28-18)14-9-26-29(11-14)10-13-4-3-5-15(7-13)21(22,23)24;;/h3-5,7,9,11H,2,6,10,12H2,1H3,(H2,33,34,35);;/q;2*+1/p-2. The van der Waals surface area contributed by atoms with E-state index in [1.807, 2.05) is 6.07 Å². The van der Waals surface area contributed by atoms with Gasteiger partial charge >= 0.3 is 65.3 Å². The molecule has 3 heterocycles. The van der Waals surface area contributed by atoms with E-state index < -0.39 is 31.9 Å². The fraction of sp³-hybridized carbons (Fsp3) is 0.286. The van der Waals surface area contributed by atoms with Crippen LogP contribution in [0.15, 0.2) is 41.5 Å². The largest absolute Gasteiger partial charge is 1.00 e. The average Bonchev–Trinajstić information content (AvgIpc) is 3.43. The average molecular weight is 581 g/mol. The van der Waals surface area contributed by atoms with E-state index in [-0.39, 0.29) is 101 Å². The van der Waals surface area contributed by atoms with Crippen LogP contribution in [0.2, 0.25) is 0 Å². The number of rotatable bonds is 8. The van der Waals surface area contributed by atoms with Crippen molar-refractivity contribution in [1.29, 1.82) is 5.26 Å². The van der Waals surface area contributed by atoms with Crippen molar-refractivity contribution < 1.29 is 91.2 Å². The summed E-state index contributed by atoms with van der Waals surface area (Å²) < 4.78 is 58.1. The smallest absolute Gasteiger partial charge is 0.790 e. The van der Waals surface area contributed by atoms with Crippen LogP contribution in [0.5, 0.6) is 0 Å². The number of hydrogen-bond donors (Lipinski definition) is 0. The molecule has 0 amide bonds. The SMILES string of the molecule is CCCn1c(C#N)nc2nc(-c3cnn(Cc4cccc(C(F)(F)F)c4)c3)n(COP(=O)([O-])[O-])c2c1=O.[Na+].[Na+]. The molecule has 0 atom stereocenters. The van der Waals surface area contributed by atoms with Crippen LogP contribution in [0.4, 0.5) is 13.2 Å². The maximum absolute atomic E-state index is 13.2. The number of aromatic nitrogens is 6. The number of halogens is 3. The minimum absolute atomic E-state index is 0. The van der Waals surface area contributed by atoms with Gasteiger partial charge in [0, 0.05) is 12.7 Å². The molecular formula is C21H17F3N7Na2O5P. The summed E-state index contributed by atoms with van der Waals surface area (Å²) in [5.41, 5.74) is -1.39. The molecular weight excluding hydrogens is 564 g/mol. The van der Waals surface area contributed by atoms with E-state index in [0.29, 0.717) is 12.0 Å². The number of fused-ring (bicyclic) bond motifs is 1. The number of alkyl halides is 3. The number of phosphoric ester groups is 1. The molecule has 3 aromatic heterocycles. The van der Waals surface area contributed by atoms with Gasteiger partial charge in [-0.05, 0) is 24.1 Å². The van der Waals surface area contributed by atoms with Crippen LogP contribution in [0.25, 0.3) is 22.6 Å². The summed E-state index contributed by atoms with van der Waals surface area (Å²) in [7, 11) is -5.45. The Morgan fingerprint density at radius 2 is 1.90 bits per heavy atom. The van der Waals surface area contributed by atoms with E-state index in [4.69, 9.17) is 0 Å². The van der Waals surface area contributed by atoms with Gasteiger partial charge in [0.2, 0.25) is 5.82 Å². The van der Waals surface area contributed by atoms with Gasteiger partial charge in [0.25, 0.3) is 5.56 Å². The van der Waals surface area contributed by atoms with Crippen molar-refractivity contribution in [2.45, 2.75) is 39.3 Å². The van der Waals surface area contributed by atoms with E-state index in [9.17, 15) is 37.6 Å². The molecule has 18 heteroatoms. The normalized spacial score (nSPS) is 11.6. The van der Waals surface area contributed by atoms with Gasteiger partial charge in [-0.1, -0.05) is 19.1 Å². The van der Waals surface area contributed by atoms with E-state index in [2.05, 4.69) is 19.6 Å².